The minimum absolute atomic E-state index is 0. The smallest absolute Gasteiger partial charge is 0.0929 e. The Balaban J connectivity index is 0.00000108. The normalized spacial score (nSPS) is 16.7. The molecule has 1 aromatic carbocycles. The van der Waals surface area contributed by atoms with Crippen molar-refractivity contribution in [3.63, 3.8) is 0 Å². The largest absolute Gasteiger partial charge is 0.317 e. The van der Waals surface area contributed by atoms with Gasteiger partial charge < -0.3 is 5.32 Å². The Morgan fingerprint density at radius 1 is 1.06 bits per heavy atom. The Hall–Kier alpha value is -1.19. The second-order valence-electron chi connectivity index (χ2n) is 4.35. The molecule has 0 atom stereocenters. The molecule has 2 aromatic rings. The van der Waals surface area contributed by atoms with Gasteiger partial charge in [0.2, 0.25) is 0 Å². The molecular formula is C13H16ClN3. The fraction of sp³-hybridized carbons (Fsp3) is 0.385. The van der Waals surface area contributed by atoms with Gasteiger partial charge in [0.05, 0.1) is 11.2 Å². The summed E-state index contributed by atoms with van der Waals surface area (Å²) in [5, 5.41) is 13.2. The second-order valence-corrected chi connectivity index (χ2v) is 4.35. The summed E-state index contributed by atoms with van der Waals surface area (Å²) in [6.07, 6.45) is 2.35. The molecule has 1 saturated heterocycles. The lowest BCUT2D eigenvalue weighted by molar-refractivity contribution is 0.451. The summed E-state index contributed by atoms with van der Waals surface area (Å²) >= 11 is 0. The maximum Gasteiger partial charge on any atom is 0.0929 e. The molecule has 2 heterocycles. The number of hydrogen-bond donors (Lipinski definition) is 1. The summed E-state index contributed by atoms with van der Waals surface area (Å²) in [4.78, 5) is 0. The van der Waals surface area contributed by atoms with Gasteiger partial charge in [-0.3, -0.25) is 0 Å². The maximum absolute atomic E-state index is 4.35. The molecule has 4 heteroatoms. The first-order valence-electron chi connectivity index (χ1n) is 5.86. The van der Waals surface area contributed by atoms with Crippen LogP contribution in [-0.2, 0) is 0 Å². The number of hydrogen-bond acceptors (Lipinski definition) is 3. The molecule has 90 valence electrons. The highest BCUT2D eigenvalue weighted by molar-refractivity contribution is 5.85. The van der Waals surface area contributed by atoms with Crippen molar-refractivity contribution in [2.45, 2.75) is 18.8 Å². The van der Waals surface area contributed by atoms with Gasteiger partial charge in [0.15, 0.2) is 0 Å². The Bertz CT molecular complexity index is 495. The van der Waals surface area contributed by atoms with Crippen LogP contribution in [0.4, 0.5) is 0 Å². The predicted octanol–water partition coefficient (Wildman–Crippen LogP) is 2.52. The van der Waals surface area contributed by atoms with E-state index in [0.717, 1.165) is 24.3 Å². The fourth-order valence-electron chi connectivity index (χ4n) is 2.32. The van der Waals surface area contributed by atoms with Crippen LogP contribution in [0, 0.1) is 0 Å². The van der Waals surface area contributed by atoms with Crippen LogP contribution in [-0.4, -0.2) is 23.3 Å². The second kappa shape index (κ2) is 5.43. The van der Waals surface area contributed by atoms with Gasteiger partial charge >= 0.3 is 0 Å². The van der Waals surface area contributed by atoms with E-state index in [0.29, 0.717) is 5.92 Å². The SMILES string of the molecule is Cl.c1ccc2nnc(C3CCNCC3)cc2c1. The van der Waals surface area contributed by atoms with E-state index >= 15 is 0 Å². The first-order chi connectivity index (χ1) is 7.93. The van der Waals surface area contributed by atoms with E-state index in [-0.39, 0.29) is 12.4 Å². The number of rotatable bonds is 1. The van der Waals surface area contributed by atoms with Crippen molar-refractivity contribution in [3.05, 3.63) is 36.0 Å². The maximum atomic E-state index is 4.35. The molecule has 3 nitrogen and oxygen atoms in total. The average molecular weight is 250 g/mol. The lowest BCUT2D eigenvalue weighted by Crippen LogP contribution is -2.27. The van der Waals surface area contributed by atoms with Gasteiger partial charge in [-0.2, -0.15) is 10.2 Å². The molecule has 3 rings (SSSR count). The zero-order chi connectivity index (χ0) is 10.8. The van der Waals surface area contributed by atoms with Crippen LogP contribution in [0.5, 0.6) is 0 Å². The van der Waals surface area contributed by atoms with Crippen LogP contribution in [0.3, 0.4) is 0 Å². The molecule has 0 radical (unpaired) electrons. The molecule has 1 N–H and O–H groups in total. The molecule has 0 unspecified atom stereocenters. The lowest BCUT2D eigenvalue weighted by Gasteiger charge is -2.21. The molecule has 0 amide bonds. The minimum atomic E-state index is 0. The zero-order valence-electron chi connectivity index (χ0n) is 9.60. The summed E-state index contributed by atoms with van der Waals surface area (Å²) in [7, 11) is 0. The third-order valence-electron chi connectivity index (χ3n) is 3.27. The van der Waals surface area contributed by atoms with Crippen molar-refractivity contribution in [1.29, 1.82) is 0 Å². The third kappa shape index (κ3) is 2.56. The summed E-state index contributed by atoms with van der Waals surface area (Å²) in [6.45, 7) is 2.19. The van der Waals surface area contributed by atoms with E-state index in [1.54, 1.807) is 0 Å². The first-order valence-corrected chi connectivity index (χ1v) is 5.86. The standard InChI is InChI=1S/C13H15N3.ClH/c1-2-4-12-11(3-1)9-13(16-15-12)10-5-7-14-8-6-10;/h1-4,9-10,14H,5-8H2;1H. The van der Waals surface area contributed by atoms with Crippen molar-refractivity contribution in [1.82, 2.24) is 15.5 Å². The lowest BCUT2D eigenvalue weighted by atomic mass is 9.94. The Morgan fingerprint density at radius 3 is 2.65 bits per heavy atom. The van der Waals surface area contributed by atoms with E-state index in [2.05, 4.69) is 33.7 Å². The molecule has 1 aromatic heterocycles. The van der Waals surface area contributed by atoms with Gasteiger partial charge in [-0.05, 0) is 38.1 Å². The Labute approximate surface area is 107 Å². The van der Waals surface area contributed by atoms with Crippen LogP contribution in [0.25, 0.3) is 10.9 Å². The van der Waals surface area contributed by atoms with E-state index in [4.69, 9.17) is 0 Å². The molecule has 0 aliphatic carbocycles. The number of aromatic nitrogens is 2. The molecule has 0 saturated carbocycles. The summed E-state index contributed by atoms with van der Waals surface area (Å²) in [5.41, 5.74) is 2.14. The van der Waals surface area contributed by atoms with Gasteiger partial charge in [-0.15, -0.1) is 12.4 Å². The van der Waals surface area contributed by atoms with Crippen LogP contribution in [0.15, 0.2) is 30.3 Å². The van der Waals surface area contributed by atoms with Crippen LogP contribution >= 0.6 is 12.4 Å². The predicted molar refractivity (Wildman–Crippen MR) is 71.6 cm³/mol. The van der Waals surface area contributed by atoms with Gasteiger partial charge in [0, 0.05) is 11.3 Å². The third-order valence-corrected chi connectivity index (χ3v) is 3.27. The zero-order valence-corrected chi connectivity index (χ0v) is 10.4. The van der Waals surface area contributed by atoms with Crippen molar-refractivity contribution in [3.8, 4) is 0 Å². The molecule has 1 aliphatic heterocycles. The highest BCUT2D eigenvalue weighted by Gasteiger charge is 2.16. The van der Waals surface area contributed by atoms with E-state index < -0.39 is 0 Å². The fourth-order valence-corrected chi connectivity index (χ4v) is 2.32. The van der Waals surface area contributed by atoms with E-state index in [9.17, 15) is 0 Å². The Kier molecular flexibility index (Phi) is 3.92. The molecule has 1 aliphatic rings. The van der Waals surface area contributed by atoms with Crippen molar-refractivity contribution in [2.75, 3.05) is 13.1 Å². The molecule has 0 spiro atoms. The molecule has 0 bridgehead atoms. The number of nitrogens with zero attached hydrogens (tertiary/aromatic N) is 2. The molecular weight excluding hydrogens is 234 g/mol. The van der Waals surface area contributed by atoms with Gasteiger partial charge in [0.25, 0.3) is 0 Å². The van der Waals surface area contributed by atoms with Gasteiger partial charge in [0.1, 0.15) is 0 Å². The van der Waals surface area contributed by atoms with E-state index in [1.807, 2.05) is 12.1 Å². The van der Waals surface area contributed by atoms with Gasteiger partial charge in [-0.1, -0.05) is 18.2 Å². The minimum Gasteiger partial charge on any atom is -0.317 e. The number of halogens is 1. The van der Waals surface area contributed by atoms with Crippen molar-refractivity contribution >= 4 is 23.3 Å². The van der Waals surface area contributed by atoms with Crippen molar-refractivity contribution < 1.29 is 0 Å². The van der Waals surface area contributed by atoms with Crippen LogP contribution < -0.4 is 5.32 Å². The van der Waals surface area contributed by atoms with Crippen molar-refractivity contribution in [2.24, 2.45) is 0 Å². The molecule has 17 heavy (non-hydrogen) atoms. The number of nitrogens with one attached hydrogen (secondary N) is 1. The number of benzene rings is 1. The molecule has 1 fully saturated rings. The van der Waals surface area contributed by atoms with Crippen LogP contribution in [0.2, 0.25) is 0 Å². The average Bonchev–Trinajstić information content (AvgIpc) is 2.39. The van der Waals surface area contributed by atoms with Crippen LogP contribution in [0.1, 0.15) is 24.5 Å². The topological polar surface area (TPSA) is 37.8 Å². The summed E-state index contributed by atoms with van der Waals surface area (Å²) in [6, 6.07) is 10.4. The monoisotopic (exact) mass is 249 g/mol. The Morgan fingerprint density at radius 2 is 1.82 bits per heavy atom. The van der Waals surface area contributed by atoms with E-state index in [1.165, 1.54) is 18.2 Å². The number of fused-ring (bicyclic) bond motifs is 1. The quantitative estimate of drug-likeness (QED) is 0.844. The first kappa shape index (κ1) is 12.3. The number of piperidine rings is 1. The summed E-state index contributed by atoms with van der Waals surface area (Å²) < 4.78 is 0. The van der Waals surface area contributed by atoms with Gasteiger partial charge in [-0.25, -0.2) is 0 Å². The highest BCUT2D eigenvalue weighted by Crippen LogP contribution is 2.24. The highest BCUT2D eigenvalue weighted by atomic mass is 35.5. The summed E-state index contributed by atoms with van der Waals surface area (Å²) in [5.74, 6) is 0.582.